The van der Waals surface area contributed by atoms with Crippen LogP contribution in [-0.2, 0) is 6.54 Å². The molecule has 0 radical (unpaired) electrons. The van der Waals surface area contributed by atoms with E-state index in [1.54, 1.807) is 6.26 Å². The highest BCUT2D eigenvalue weighted by Gasteiger charge is 2.08. The molecular weight excluding hydrogens is 284 g/mol. The minimum atomic E-state index is 0.791. The number of benzene rings is 2. The van der Waals surface area contributed by atoms with Gasteiger partial charge in [0.1, 0.15) is 11.6 Å². The molecule has 3 heteroatoms. The van der Waals surface area contributed by atoms with E-state index in [2.05, 4.69) is 34.9 Å². The largest absolute Gasteiger partial charge is 0.465 e. The van der Waals surface area contributed by atoms with Gasteiger partial charge in [0.2, 0.25) is 0 Å². The number of hydrogen-bond acceptors (Lipinski definition) is 2. The normalized spacial score (nSPS) is 11.5. The Morgan fingerprint density at radius 1 is 0.870 bits per heavy atom. The number of imidazole rings is 1. The molecule has 0 atom stereocenters. The number of rotatable bonds is 4. The summed E-state index contributed by atoms with van der Waals surface area (Å²) in [5.41, 5.74) is 3.39. The second kappa shape index (κ2) is 5.97. The Morgan fingerprint density at radius 2 is 1.70 bits per heavy atom. The summed E-state index contributed by atoms with van der Waals surface area (Å²) in [5, 5.41) is 0. The third-order valence-corrected chi connectivity index (χ3v) is 3.81. The standard InChI is InChI=1S/C20H16N2O/c1-2-7-16(8-3-1)15-22-19-11-5-4-10-18(19)21-20(22)13-12-17-9-6-14-23-17/h1-14H,15H2. The Balaban J connectivity index is 1.78. The topological polar surface area (TPSA) is 31.0 Å². The zero-order valence-corrected chi connectivity index (χ0v) is 12.6. The van der Waals surface area contributed by atoms with Crippen LogP contribution < -0.4 is 0 Å². The summed E-state index contributed by atoms with van der Waals surface area (Å²) >= 11 is 0. The van der Waals surface area contributed by atoms with E-state index in [1.807, 2.05) is 48.6 Å². The van der Waals surface area contributed by atoms with E-state index in [-0.39, 0.29) is 0 Å². The van der Waals surface area contributed by atoms with Gasteiger partial charge in [-0.25, -0.2) is 4.98 Å². The van der Waals surface area contributed by atoms with Gasteiger partial charge < -0.3 is 8.98 Å². The van der Waals surface area contributed by atoms with Gasteiger partial charge in [-0.05, 0) is 42.0 Å². The third kappa shape index (κ3) is 2.81. The number of nitrogens with zero attached hydrogens (tertiary/aromatic N) is 2. The fourth-order valence-electron chi connectivity index (χ4n) is 2.70. The van der Waals surface area contributed by atoms with Gasteiger partial charge in [-0.15, -0.1) is 0 Å². The van der Waals surface area contributed by atoms with Crippen molar-refractivity contribution in [1.29, 1.82) is 0 Å². The zero-order valence-electron chi connectivity index (χ0n) is 12.6. The average molecular weight is 300 g/mol. The molecule has 0 bridgehead atoms. The molecule has 4 aromatic rings. The Bertz CT molecular complexity index is 934. The number of para-hydroxylation sites is 2. The van der Waals surface area contributed by atoms with E-state index < -0.39 is 0 Å². The van der Waals surface area contributed by atoms with Gasteiger partial charge in [-0.3, -0.25) is 0 Å². The van der Waals surface area contributed by atoms with E-state index in [4.69, 9.17) is 9.40 Å². The Hall–Kier alpha value is -3.07. The highest BCUT2D eigenvalue weighted by Crippen LogP contribution is 2.19. The van der Waals surface area contributed by atoms with Crippen LogP contribution >= 0.6 is 0 Å². The fourth-order valence-corrected chi connectivity index (χ4v) is 2.70. The molecule has 0 aliphatic rings. The van der Waals surface area contributed by atoms with Gasteiger partial charge in [0.15, 0.2) is 0 Å². The number of aromatic nitrogens is 2. The summed E-state index contributed by atoms with van der Waals surface area (Å²) in [5.74, 6) is 1.75. The Kier molecular flexibility index (Phi) is 3.53. The smallest absolute Gasteiger partial charge is 0.134 e. The second-order valence-corrected chi connectivity index (χ2v) is 5.38. The van der Waals surface area contributed by atoms with Gasteiger partial charge >= 0.3 is 0 Å². The van der Waals surface area contributed by atoms with Gasteiger partial charge in [0.05, 0.1) is 17.3 Å². The lowest BCUT2D eigenvalue weighted by atomic mass is 10.2. The maximum absolute atomic E-state index is 5.36. The quantitative estimate of drug-likeness (QED) is 0.539. The van der Waals surface area contributed by atoms with Crippen LogP contribution in [0.25, 0.3) is 23.2 Å². The molecule has 2 aromatic heterocycles. The molecule has 0 unspecified atom stereocenters. The molecule has 2 heterocycles. The highest BCUT2D eigenvalue weighted by atomic mass is 16.3. The van der Waals surface area contributed by atoms with Crippen molar-refractivity contribution in [1.82, 2.24) is 9.55 Å². The van der Waals surface area contributed by atoms with Crippen LogP contribution in [0.3, 0.4) is 0 Å². The third-order valence-electron chi connectivity index (χ3n) is 3.81. The molecule has 0 spiro atoms. The van der Waals surface area contributed by atoms with E-state index >= 15 is 0 Å². The summed E-state index contributed by atoms with van der Waals surface area (Å²) in [6, 6.07) is 22.5. The molecule has 0 saturated carbocycles. The molecule has 0 aliphatic heterocycles. The fraction of sp³-hybridized carbons (Fsp3) is 0.0500. The molecular formula is C20H16N2O. The van der Waals surface area contributed by atoms with Crippen LogP contribution in [-0.4, -0.2) is 9.55 Å². The van der Waals surface area contributed by atoms with Gasteiger partial charge in [-0.1, -0.05) is 42.5 Å². The van der Waals surface area contributed by atoms with Crippen LogP contribution in [0.1, 0.15) is 17.1 Å². The van der Waals surface area contributed by atoms with Crippen LogP contribution in [0.5, 0.6) is 0 Å². The van der Waals surface area contributed by atoms with Gasteiger partial charge in [0.25, 0.3) is 0 Å². The first-order chi connectivity index (χ1) is 11.4. The van der Waals surface area contributed by atoms with Crippen molar-refractivity contribution in [3.05, 3.63) is 90.1 Å². The Labute approximate surface area is 134 Å². The molecule has 0 N–H and O–H groups in total. The summed E-state index contributed by atoms with van der Waals surface area (Å²) in [6.07, 6.45) is 5.62. The summed E-state index contributed by atoms with van der Waals surface area (Å²) < 4.78 is 7.59. The lowest BCUT2D eigenvalue weighted by Crippen LogP contribution is -2.01. The maximum Gasteiger partial charge on any atom is 0.134 e. The average Bonchev–Trinajstić information content (AvgIpc) is 3.22. The molecule has 0 fully saturated rings. The highest BCUT2D eigenvalue weighted by molar-refractivity contribution is 5.79. The van der Waals surface area contributed by atoms with E-state index in [0.29, 0.717) is 0 Å². The van der Waals surface area contributed by atoms with Crippen molar-refractivity contribution in [3.63, 3.8) is 0 Å². The minimum absolute atomic E-state index is 0.791. The molecule has 0 amide bonds. The van der Waals surface area contributed by atoms with Gasteiger partial charge in [0, 0.05) is 6.54 Å². The molecule has 23 heavy (non-hydrogen) atoms. The first-order valence-electron chi connectivity index (χ1n) is 7.61. The molecule has 0 aliphatic carbocycles. The maximum atomic E-state index is 5.36. The van der Waals surface area contributed by atoms with E-state index in [0.717, 1.165) is 29.2 Å². The molecule has 2 aromatic carbocycles. The molecule has 112 valence electrons. The predicted octanol–water partition coefficient (Wildman–Crippen LogP) is 4.85. The lowest BCUT2D eigenvalue weighted by Gasteiger charge is -2.07. The summed E-state index contributed by atoms with van der Waals surface area (Å²) in [6.45, 7) is 0.791. The van der Waals surface area contributed by atoms with Crippen LogP contribution in [0.2, 0.25) is 0 Å². The van der Waals surface area contributed by atoms with Gasteiger partial charge in [-0.2, -0.15) is 0 Å². The lowest BCUT2D eigenvalue weighted by molar-refractivity contribution is 0.557. The first-order valence-corrected chi connectivity index (χ1v) is 7.61. The zero-order chi connectivity index (χ0) is 15.5. The van der Waals surface area contributed by atoms with Crippen LogP contribution in [0, 0.1) is 0 Å². The SMILES string of the molecule is C(=Cc1nc2ccccc2n1Cc1ccccc1)c1ccco1. The Morgan fingerprint density at radius 3 is 2.52 bits per heavy atom. The number of hydrogen-bond donors (Lipinski definition) is 0. The summed E-state index contributed by atoms with van der Waals surface area (Å²) in [4.78, 5) is 4.74. The van der Waals surface area contributed by atoms with Crippen molar-refractivity contribution in [2.45, 2.75) is 6.54 Å². The van der Waals surface area contributed by atoms with Crippen LogP contribution in [0.15, 0.2) is 77.4 Å². The van der Waals surface area contributed by atoms with Crippen molar-refractivity contribution < 1.29 is 4.42 Å². The second-order valence-electron chi connectivity index (χ2n) is 5.38. The summed E-state index contributed by atoms with van der Waals surface area (Å²) in [7, 11) is 0. The predicted molar refractivity (Wildman–Crippen MR) is 92.9 cm³/mol. The minimum Gasteiger partial charge on any atom is -0.465 e. The monoisotopic (exact) mass is 300 g/mol. The van der Waals surface area contributed by atoms with Crippen LogP contribution in [0.4, 0.5) is 0 Å². The first kappa shape index (κ1) is 13.6. The van der Waals surface area contributed by atoms with Crippen molar-refractivity contribution in [2.75, 3.05) is 0 Å². The molecule has 4 rings (SSSR count). The number of furan rings is 1. The molecule has 3 nitrogen and oxygen atoms in total. The van der Waals surface area contributed by atoms with E-state index in [1.165, 1.54) is 5.56 Å². The van der Waals surface area contributed by atoms with Crippen molar-refractivity contribution >= 4 is 23.2 Å². The van der Waals surface area contributed by atoms with Crippen molar-refractivity contribution in [3.8, 4) is 0 Å². The van der Waals surface area contributed by atoms with Crippen molar-refractivity contribution in [2.24, 2.45) is 0 Å². The number of fused-ring (bicyclic) bond motifs is 1. The molecule has 0 saturated heterocycles. The van der Waals surface area contributed by atoms with E-state index in [9.17, 15) is 0 Å².